The van der Waals surface area contributed by atoms with Crippen molar-refractivity contribution in [3.8, 4) is 0 Å². The van der Waals surface area contributed by atoms with Gasteiger partial charge in [0.1, 0.15) is 11.6 Å². The van der Waals surface area contributed by atoms with Gasteiger partial charge in [-0.1, -0.05) is 19.8 Å². The van der Waals surface area contributed by atoms with Crippen LogP contribution in [-0.4, -0.2) is 74.3 Å². The number of benzene rings is 1. The number of piperazine rings is 1. The molecule has 0 aliphatic carbocycles. The SMILES string of the molecule is CCCCCS(=O)(=O)CC(=O)N1CCN(CC(=O)Nc2ccc(F)cc2)CC1. The normalized spacial score (nSPS) is 15.4. The number of unbranched alkanes of at least 4 members (excludes halogenated alkanes) is 2. The van der Waals surface area contributed by atoms with E-state index in [4.69, 9.17) is 0 Å². The smallest absolute Gasteiger partial charge is 0.238 e. The number of nitrogens with one attached hydrogen (secondary N) is 1. The van der Waals surface area contributed by atoms with Crippen LogP contribution in [0.3, 0.4) is 0 Å². The Kier molecular flexibility index (Phi) is 8.37. The van der Waals surface area contributed by atoms with Crippen LogP contribution < -0.4 is 5.32 Å². The highest BCUT2D eigenvalue weighted by Crippen LogP contribution is 2.09. The van der Waals surface area contributed by atoms with Crippen LogP contribution in [0, 0.1) is 5.82 Å². The van der Waals surface area contributed by atoms with Gasteiger partial charge in [0.15, 0.2) is 9.84 Å². The van der Waals surface area contributed by atoms with Gasteiger partial charge in [0.05, 0.1) is 12.3 Å². The van der Waals surface area contributed by atoms with E-state index in [1.54, 1.807) is 4.90 Å². The molecule has 0 atom stereocenters. The molecule has 1 N–H and O–H groups in total. The van der Waals surface area contributed by atoms with Gasteiger partial charge in [0, 0.05) is 31.9 Å². The fourth-order valence-corrected chi connectivity index (χ4v) is 4.36. The minimum atomic E-state index is -3.37. The first-order chi connectivity index (χ1) is 13.3. The second-order valence-corrected chi connectivity index (χ2v) is 9.20. The Morgan fingerprint density at radius 3 is 2.32 bits per heavy atom. The predicted molar refractivity (Wildman–Crippen MR) is 106 cm³/mol. The molecule has 2 amide bonds. The molecule has 1 aliphatic rings. The van der Waals surface area contributed by atoms with E-state index >= 15 is 0 Å². The topological polar surface area (TPSA) is 86.8 Å². The van der Waals surface area contributed by atoms with Gasteiger partial charge in [-0.05, 0) is 30.7 Å². The summed E-state index contributed by atoms with van der Waals surface area (Å²) >= 11 is 0. The fraction of sp³-hybridized carbons (Fsp3) is 0.579. The van der Waals surface area contributed by atoms with E-state index in [2.05, 4.69) is 5.32 Å². The van der Waals surface area contributed by atoms with Crippen molar-refractivity contribution in [1.29, 1.82) is 0 Å². The Morgan fingerprint density at radius 1 is 1.07 bits per heavy atom. The molecular formula is C19H28FN3O4S. The second kappa shape index (κ2) is 10.5. The molecular weight excluding hydrogens is 385 g/mol. The molecule has 0 bridgehead atoms. The lowest BCUT2D eigenvalue weighted by Crippen LogP contribution is -2.51. The van der Waals surface area contributed by atoms with Gasteiger partial charge >= 0.3 is 0 Å². The summed E-state index contributed by atoms with van der Waals surface area (Å²) in [4.78, 5) is 27.8. The van der Waals surface area contributed by atoms with Gasteiger partial charge in [0.25, 0.3) is 0 Å². The third kappa shape index (κ3) is 7.55. The zero-order valence-electron chi connectivity index (χ0n) is 16.2. The largest absolute Gasteiger partial charge is 0.339 e. The number of anilines is 1. The van der Waals surface area contributed by atoms with E-state index in [0.717, 1.165) is 12.8 Å². The van der Waals surface area contributed by atoms with Crippen molar-refractivity contribution < 1.29 is 22.4 Å². The van der Waals surface area contributed by atoms with Gasteiger partial charge < -0.3 is 10.2 Å². The quantitative estimate of drug-likeness (QED) is 0.620. The first-order valence-corrected chi connectivity index (χ1v) is 11.4. The zero-order valence-corrected chi connectivity index (χ0v) is 17.0. The monoisotopic (exact) mass is 413 g/mol. The Morgan fingerprint density at radius 2 is 1.71 bits per heavy atom. The maximum Gasteiger partial charge on any atom is 0.238 e. The number of nitrogens with zero attached hydrogens (tertiary/aromatic N) is 2. The van der Waals surface area contributed by atoms with Gasteiger partial charge in [-0.15, -0.1) is 0 Å². The van der Waals surface area contributed by atoms with Crippen LogP contribution >= 0.6 is 0 Å². The summed E-state index contributed by atoms with van der Waals surface area (Å²) < 4.78 is 36.9. The Labute approximate surface area is 165 Å². The zero-order chi connectivity index (χ0) is 20.6. The first-order valence-electron chi connectivity index (χ1n) is 9.55. The number of halogens is 1. The van der Waals surface area contributed by atoms with Crippen molar-refractivity contribution in [3.05, 3.63) is 30.1 Å². The molecule has 1 aromatic carbocycles. The fourth-order valence-electron chi connectivity index (χ4n) is 3.02. The van der Waals surface area contributed by atoms with Crippen LogP contribution in [0.25, 0.3) is 0 Å². The number of sulfone groups is 1. The highest BCUT2D eigenvalue weighted by atomic mass is 32.2. The lowest BCUT2D eigenvalue weighted by atomic mass is 10.3. The van der Waals surface area contributed by atoms with Crippen molar-refractivity contribution >= 4 is 27.3 Å². The third-order valence-electron chi connectivity index (χ3n) is 4.62. The molecule has 0 saturated carbocycles. The van der Waals surface area contributed by atoms with Gasteiger partial charge in [-0.25, -0.2) is 12.8 Å². The summed E-state index contributed by atoms with van der Waals surface area (Å²) in [5.41, 5.74) is 0.522. The van der Waals surface area contributed by atoms with E-state index in [1.165, 1.54) is 24.3 Å². The van der Waals surface area contributed by atoms with E-state index in [1.807, 2.05) is 11.8 Å². The van der Waals surface area contributed by atoms with Crippen molar-refractivity contribution in [2.24, 2.45) is 0 Å². The van der Waals surface area contributed by atoms with Crippen molar-refractivity contribution in [1.82, 2.24) is 9.80 Å². The Bertz CT molecular complexity index is 760. The standard InChI is InChI=1S/C19H28FN3O4S/c1-2-3-4-13-28(26,27)15-19(25)23-11-9-22(10-12-23)14-18(24)21-17-7-5-16(20)6-8-17/h5-8H,2-4,9-15H2,1H3,(H,21,24). The maximum atomic E-state index is 12.9. The molecule has 156 valence electrons. The molecule has 1 heterocycles. The van der Waals surface area contributed by atoms with E-state index < -0.39 is 15.6 Å². The van der Waals surface area contributed by atoms with Crippen molar-refractivity contribution in [2.45, 2.75) is 26.2 Å². The summed E-state index contributed by atoms with van der Waals surface area (Å²) in [7, 11) is -3.37. The molecule has 0 unspecified atom stereocenters. The van der Waals surface area contributed by atoms with Gasteiger partial charge in [-0.3, -0.25) is 14.5 Å². The average Bonchev–Trinajstić information content (AvgIpc) is 2.64. The van der Waals surface area contributed by atoms with Crippen LogP contribution in [0.2, 0.25) is 0 Å². The minimum Gasteiger partial charge on any atom is -0.339 e. The van der Waals surface area contributed by atoms with Crippen molar-refractivity contribution in [2.75, 3.05) is 49.5 Å². The summed E-state index contributed by atoms with van der Waals surface area (Å²) in [6.45, 7) is 3.95. The molecule has 9 heteroatoms. The molecule has 1 fully saturated rings. The lowest BCUT2D eigenvalue weighted by molar-refractivity contribution is -0.130. The van der Waals surface area contributed by atoms with E-state index in [0.29, 0.717) is 38.3 Å². The summed E-state index contributed by atoms with van der Waals surface area (Å²) in [5.74, 6) is -1.35. The van der Waals surface area contributed by atoms with Crippen LogP contribution in [0.1, 0.15) is 26.2 Å². The van der Waals surface area contributed by atoms with Gasteiger partial charge in [0.2, 0.25) is 11.8 Å². The minimum absolute atomic E-state index is 0.0517. The molecule has 1 aromatic rings. The molecule has 0 radical (unpaired) electrons. The molecule has 0 spiro atoms. The van der Waals surface area contributed by atoms with Crippen LogP contribution in [0.15, 0.2) is 24.3 Å². The molecule has 7 nitrogen and oxygen atoms in total. The van der Waals surface area contributed by atoms with E-state index in [-0.39, 0.29) is 29.9 Å². The van der Waals surface area contributed by atoms with E-state index in [9.17, 15) is 22.4 Å². The maximum absolute atomic E-state index is 12.9. The average molecular weight is 414 g/mol. The predicted octanol–water partition coefficient (Wildman–Crippen LogP) is 1.51. The Hall–Kier alpha value is -2.00. The number of carbonyl (C=O) groups is 2. The third-order valence-corrected chi connectivity index (χ3v) is 6.22. The lowest BCUT2D eigenvalue weighted by Gasteiger charge is -2.34. The Balaban J connectivity index is 1.73. The number of hydrogen-bond acceptors (Lipinski definition) is 5. The number of rotatable bonds is 9. The molecule has 0 aromatic heterocycles. The first kappa shape index (κ1) is 22.3. The molecule has 28 heavy (non-hydrogen) atoms. The summed E-state index contributed by atoms with van der Waals surface area (Å²) in [6, 6.07) is 5.53. The molecule has 1 aliphatic heterocycles. The van der Waals surface area contributed by atoms with Crippen molar-refractivity contribution in [3.63, 3.8) is 0 Å². The van der Waals surface area contributed by atoms with Crippen LogP contribution in [0.4, 0.5) is 10.1 Å². The van der Waals surface area contributed by atoms with Gasteiger partial charge in [-0.2, -0.15) is 0 Å². The number of amides is 2. The highest BCUT2D eigenvalue weighted by molar-refractivity contribution is 7.92. The summed E-state index contributed by atoms with van der Waals surface area (Å²) in [6.07, 6.45) is 2.36. The number of carbonyl (C=O) groups excluding carboxylic acids is 2. The van der Waals surface area contributed by atoms with Crippen LogP contribution in [-0.2, 0) is 19.4 Å². The molecule has 1 saturated heterocycles. The van der Waals surface area contributed by atoms with Crippen LogP contribution in [0.5, 0.6) is 0 Å². The highest BCUT2D eigenvalue weighted by Gasteiger charge is 2.25. The number of hydrogen-bond donors (Lipinski definition) is 1. The summed E-state index contributed by atoms with van der Waals surface area (Å²) in [5, 5.41) is 2.70. The molecule has 2 rings (SSSR count). The second-order valence-electron chi connectivity index (χ2n) is 7.01.